The molecule has 0 atom stereocenters. The highest BCUT2D eigenvalue weighted by atomic mass is 35.5. The first kappa shape index (κ1) is 18.5. The number of halogens is 2. The van der Waals surface area contributed by atoms with E-state index in [1.165, 1.54) is 12.1 Å². The minimum Gasteiger partial charge on any atom is -0.289 e. The zero-order chi connectivity index (χ0) is 20.7. The summed E-state index contributed by atoms with van der Waals surface area (Å²) in [5.74, 6) is -0.459. The van der Waals surface area contributed by atoms with Crippen LogP contribution in [0, 0.1) is 5.82 Å². The summed E-state index contributed by atoms with van der Waals surface area (Å²) in [6.45, 7) is 0. The second-order valence-corrected chi connectivity index (χ2v) is 7.53. The Morgan fingerprint density at radius 3 is 2.37 bits per heavy atom. The Morgan fingerprint density at radius 2 is 1.50 bits per heavy atom. The Morgan fingerprint density at radius 1 is 0.767 bits per heavy atom. The van der Waals surface area contributed by atoms with Gasteiger partial charge >= 0.3 is 0 Å². The molecule has 2 nitrogen and oxygen atoms in total. The van der Waals surface area contributed by atoms with Gasteiger partial charge in [0.1, 0.15) is 5.82 Å². The van der Waals surface area contributed by atoms with Gasteiger partial charge in [0.2, 0.25) is 0 Å². The fraction of sp³-hybridized carbons (Fsp3) is 0. The third kappa shape index (κ3) is 3.34. The maximum Gasteiger partial charge on any atom is 0.194 e. The summed E-state index contributed by atoms with van der Waals surface area (Å²) in [4.78, 5) is 17.6. The first-order chi connectivity index (χ1) is 14.6. The number of aromatic nitrogens is 1. The minimum atomic E-state index is -0.459. The summed E-state index contributed by atoms with van der Waals surface area (Å²) in [6.07, 6.45) is 3.77. The van der Waals surface area contributed by atoms with Crippen LogP contribution in [-0.4, -0.2) is 4.98 Å². The van der Waals surface area contributed by atoms with Crippen molar-refractivity contribution in [2.24, 2.45) is 0 Å². The molecule has 0 unspecified atom stereocenters. The topological polar surface area (TPSA) is 30.0 Å². The predicted molar refractivity (Wildman–Crippen MR) is 123 cm³/mol. The minimum absolute atomic E-state index is 0.0151. The lowest BCUT2D eigenvalue weighted by Crippen LogP contribution is -1.98. The van der Waals surface area contributed by atoms with Gasteiger partial charge in [-0.1, -0.05) is 72.3 Å². The molecule has 0 spiro atoms. The van der Waals surface area contributed by atoms with E-state index in [2.05, 4.69) is 4.98 Å². The standard InChI is InChI=1S/C26H15ClFNO/c27-23-15-25-19(14-24(23)28)10-12-20(29-25)11-6-16-5-7-18-9-8-17-3-1-2-4-21(17)26(30)22(18)13-16/h1-15H. The fourth-order valence-electron chi connectivity index (χ4n) is 3.60. The molecule has 0 N–H and O–H groups in total. The van der Waals surface area contributed by atoms with Gasteiger partial charge in [-0.3, -0.25) is 4.79 Å². The molecule has 4 aromatic carbocycles. The highest BCUT2D eigenvalue weighted by Crippen LogP contribution is 2.23. The van der Waals surface area contributed by atoms with E-state index in [0.717, 1.165) is 22.0 Å². The van der Waals surface area contributed by atoms with Crippen molar-refractivity contribution in [2.45, 2.75) is 0 Å². The predicted octanol–water partition coefficient (Wildman–Crippen LogP) is 6.86. The molecule has 4 heteroatoms. The van der Waals surface area contributed by atoms with E-state index in [-0.39, 0.29) is 10.5 Å². The van der Waals surface area contributed by atoms with Crippen LogP contribution in [0.25, 0.3) is 44.6 Å². The lowest BCUT2D eigenvalue weighted by atomic mass is 10.1. The number of pyridine rings is 1. The first-order valence-corrected chi connectivity index (χ1v) is 9.86. The summed E-state index contributed by atoms with van der Waals surface area (Å²) in [5.41, 5.74) is 2.26. The number of benzene rings is 3. The van der Waals surface area contributed by atoms with Crippen LogP contribution in [-0.2, 0) is 0 Å². The third-order valence-corrected chi connectivity index (χ3v) is 5.46. The SMILES string of the molecule is O=c1c2ccccc2ccc2ccc(C=Cc3ccc4cc(F)c(Cl)cc4n3)cc12. The summed E-state index contributed by atoms with van der Waals surface area (Å²) >= 11 is 5.87. The van der Waals surface area contributed by atoms with Crippen LogP contribution in [0.1, 0.15) is 11.3 Å². The lowest BCUT2D eigenvalue weighted by molar-refractivity contribution is 0.630. The molecule has 0 aliphatic rings. The molecule has 5 aromatic rings. The number of rotatable bonds is 2. The van der Waals surface area contributed by atoms with E-state index in [4.69, 9.17) is 11.6 Å². The molecule has 0 aliphatic heterocycles. The Balaban J connectivity index is 1.58. The van der Waals surface area contributed by atoms with Gasteiger partial charge in [0.05, 0.1) is 16.2 Å². The van der Waals surface area contributed by atoms with Crippen molar-refractivity contribution in [1.29, 1.82) is 0 Å². The van der Waals surface area contributed by atoms with Crippen molar-refractivity contribution in [3.8, 4) is 0 Å². The molecule has 5 rings (SSSR count). The molecule has 0 saturated carbocycles. The highest BCUT2D eigenvalue weighted by molar-refractivity contribution is 6.31. The lowest BCUT2D eigenvalue weighted by Gasteiger charge is -2.01. The second kappa shape index (κ2) is 7.36. The van der Waals surface area contributed by atoms with Crippen molar-refractivity contribution in [1.82, 2.24) is 4.98 Å². The summed E-state index contributed by atoms with van der Waals surface area (Å²) in [6, 6.07) is 23.9. The smallest absolute Gasteiger partial charge is 0.194 e. The van der Waals surface area contributed by atoms with Gasteiger partial charge in [0.15, 0.2) is 5.43 Å². The average molecular weight is 412 g/mol. The zero-order valence-electron chi connectivity index (χ0n) is 15.8. The molecule has 0 amide bonds. The van der Waals surface area contributed by atoms with Crippen LogP contribution >= 0.6 is 11.6 Å². The van der Waals surface area contributed by atoms with Crippen LogP contribution < -0.4 is 5.43 Å². The van der Waals surface area contributed by atoms with Crippen molar-refractivity contribution in [3.05, 3.63) is 111 Å². The molecule has 0 bridgehead atoms. The number of hydrogen-bond donors (Lipinski definition) is 0. The van der Waals surface area contributed by atoms with Crippen molar-refractivity contribution in [2.75, 3.05) is 0 Å². The number of fused-ring (bicyclic) bond motifs is 3. The van der Waals surface area contributed by atoms with Gasteiger partial charge in [-0.15, -0.1) is 0 Å². The third-order valence-electron chi connectivity index (χ3n) is 5.17. The Labute approximate surface area is 176 Å². The van der Waals surface area contributed by atoms with Crippen LogP contribution in [0.5, 0.6) is 0 Å². The quantitative estimate of drug-likeness (QED) is 0.317. The van der Waals surface area contributed by atoms with E-state index >= 15 is 0 Å². The van der Waals surface area contributed by atoms with E-state index < -0.39 is 5.82 Å². The largest absolute Gasteiger partial charge is 0.289 e. The van der Waals surface area contributed by atoms with Crippen molar-refractivity contribution < 1.29 is 4.39 Å². The summed E-state index contributed by atoms with van der Waals surface area (Å²) in [5, 5.41) is 3.94. The van der Waals surface area contributed by atoms with Crippen LogP contribution in [0.15, 0.2) is 83.7 Å². The van der Waals surface area contributed by atoms with Crippen molar-refractivity contribution in [3.63, 3.8) is 0 Å². The first-order valence-electron chi connectivity index (χ1n) is 9.48. The maximum absolute atomic E-state index is 13.6. The molecule has 0 saturated heterocycles. The Hall–Kier alpha value is -3.56. The number of hydrogen-bond acceptors (Lipinski definition) is 2. The molecular weight excluding hydrogens is 397 g/mol. The van der Waals surface area contributed by atoms with Gasteiger partial charge in [-0.2, -0.15) is 0 Å². The fourth-order valence-corrected chi connectivity index (χ4v) is 3.76. The normalized spacial score (nSPS) is 11.7. The van der Waals surface area contributed by atoms with Crippen LogP contribution in [0.2, 0.25) is 5.02 Å². The Bertz CT molecular complexity index is 1540. The van der Waals surface area contributed by atoms with E-state index in [1.807, 2.05) is 78.9 Å². The van der Waals surface area contributed by atoms with Gasteiger partial charge in [-0.05, 0) is 46.7 Å². The molecule has 30 heavy (non-hydrogen) atoms. The highest BCUT2D eigenvalue weighted by Gasteiger charge is 2.05. The van der Waals surface area contributed by atoms with E-state index in [0.29, 0.717) is 21.7 Å². The summed E-state index contributed by atoms with van der Waals surface area (Å²) < 4.78 is 13.6. The second-order valence-electron chi connectivity index (χ2n) is 7.12. The molecule has 0 radical (unpaired) electrons. The molecule has 0 aliphatic carbocycles. The van der Waals surface area contributed by atoms with Crippen LogP contribution in [0.4, 0.5) is 4.39 Å². The molecular formula is C26H15ClFNO. The van der Waals surface area contributed by atoms with Gasteiger partial charge < -0.3 is 0 Å². The van der Waals surface area contributed by atoms with Gasteiger partial charge in [-0.25, -0.2) is 9.37 Å². The van der Waals surface area contributed by atoms with E-state index in [9.17, 15) is 9.18 Å². The van der Waals surface area contributed by atoms with Gasteiger partial charge in [0.25, 0.3) is 0 Å². The Kier molecular flexibility index (Phi) is 4.53. The van der Waals surface area contributed by atoms with Crippen LogP contribution in [0.3, 0.4) is 0 Å². The maximum atomic E-state index is 13.6. The van der Waals surface area contributed by atoms with Crippen molar-refractivity contribution >= 4 is 56.2 Å². The molecule has 144 valence electrons. The monoisotopic (exact) mass is 411 g/mol. The summed E-state index contributed by atoms with van der Waals surface area (Å²) in [7, 11) is 0. The number of nitrogens with zero attached hydrogens (tertiary/aromatic N) is 1. The molecule has 0 fully saturated rings. The zero-order valence-corrected chi connectivity index (χ0v) is 16.5. The molecule has 1 heterocycles. The van der Waals surface area contributed by atoms with Gasteiger partial charge in [0, 0.05) is 16.2 Å². The molecule has 1 aromatic heterocycles. The average Bonchev–Trinajstić information content (AvgIpc) is 2.90. The van der Waals surface area contributed by atoms with E-state index in [1.54, 1.807) is 0 Å².